The molecular formula is C42H38BBrF2N3OP. The van der Waals surface area contributed by atoms with Gasteiger partial charge in [0.15, 0.2) is 11.4 Å². The maximum atomic E-state index is 16.3. The fourth-order valence-corrected chi connectivity index (χ4v) is 11.2. The average Bonchev–Trinajstić information content (AvgIpc) is 3.78. The number of allylic oxidation sites excluding steroid dienone is 5. The third kappa shape index (κ3) is 7.44. The number of aryl methyl sites for hydroxylation is 1. The number of amides is 1. The lowest BCUT2D eigenvalue weighted by atomic mass is 9.90. The molecule has 2 aliphatic heterocycles. The van der Waals surface area contributed by atoms with Crippen LogP contribution < -0.4 is 38.2 Å². The maximum Gasteiger partial charge on any atom is 0.737 e. The van der Waals surface area contributed by atoms with Crippen LogP contribution in [-0.2, 0) is 11.2 Å². The number of hydrogen-bond acceptors (Lipinski definition) is 1. The number of nitrogens with zero attached hydrogens (tertiary/aromatic N) is 2. The third-order valence-electron chi connectivity index (χ3n) is 9.37. The van der Waals surface area contributed by atoms with E-state index in [1.54, 1.807) is 42.5 Å². The zero-order valence-electron chi connectivity index (χ0n) is 28.0. The molecule has 0 aliphatic carbocycles. The fourth-order valence-electron chi connectivity index (χ4n) is 7.03. The minimum absolute atomic E-state index is 0. The molecule has 0 atom stereocenters. The van der Waals surface area contributed by atoms with Crippen molar-refractivity contribution in [2.75, 3.05) is 12.7 Å². The molecule has 3 heterocycles. The van der Waals surface area contributed by atoms with Crippen molar-refractivity contribution in [3.05, 3.63) is 186 Å². The molecular weight excluding hydrogens is 722 g/mol. The van der Waals surface area contributed by atoms with E-state index in [-0.39, 0.29) is 35.7 Å². The molecule has 51 heavy (non-hydrogen) atoms. The van der Waals surface area contributed by atoms with Gasteiger partial charge in [0, 0.05) is 36.4 Å². The summed E-state index contributed by atoms with van der Waals surface area (Å²) in [7, 11) is -2.10. The van der Waals surface area contributed by atoms with Crippen molar-refractivity contribution in [1.82, 2.24) is 9.79 Å². The quantitative estimate of drug-likeness (QED) is 0.114. The number of nitrogens with one attached hydrogen (secondary N) is 1. The summed E-state index contributed by atoms with van der Waals surface area (Å²) in [4.78, 5) is 13.3. The highest BCUT2D eigenvalue weighted by Crippen LogP contribution is 2.54. The van der Waals surface area contributed by atoms with Crippen LogP contribution in [0, 0.1) is 0 Å². The number of rotatable bonds is 12. The van der Waals surface area contributed by atoms with Gasteiger partial charge in [0.2, 0.25) is 5.91 Å². The lowest BCUT2D eigenvalue weighted by Crippen LogP contribution is -3.00. The Bertz CT molecular complexity index is 2030. The molecule has 0 unspecified atom stereocenters. The number of halogens is 3. The van der Waals surface area contributed by atoms with E-state index in [2.05, 4.69) is 78.1 Å². The second kappa shape index (κ2) is 16.0. The lowest BCUT2D eigenvalue weighted by Gasteiger charge is -2.30. The molecule has 0 fully saturated rings. The van der Waals surface area contributed by atoms with Gasteiger partial charge in [-0.15, -0.1) is 0 Å². The largest absolute Gasteiger partial charge is 1.00 e. The molecule has 4 nitrogen and oxygen atoms in total. The van der Waals surface area contributed by atoms with Gasteiger partial charge in [0.05, 0.1) is 12.7 Å². The highest BCUT2D eigenvalue weighted by Gasteiger charge is 2.52. The first-order chi connectivity index (χ1) is 24.5. The van der Waals surface area contributed by atoms with Crippen LogP contribution in [-0.4, -0.2) is 40.3 Å². The molecule has 1 aromatic heterocycles. The predicted molar refractivity (Wildman–Crippen MR) is 206 cm³/mol. The van der Waals surface area contributed by atoms with Crippen molar-refractivity contribution in [1.29, 1.82) is 0 Å². The van der Waals surface area contributed by atoms with Crippen LogP contribution in [0.5, 0.6) is 0 Å². The highest BCUT2D eigenvalue weighted by molar-refractivity contribution is 7.95. The second-order valence-corrected chi connectivity index (χ2v) is 16.0. The molecule has 5 aromatic rings. The normalized spacial score (nSPS) is 14.7. The van der Waals surface area contributed by atoms with Gasteiger partial charge >= 0.3 is 6.97 Å². The Balaban J connectivity index is 0.00000448. The van der Waals surface area contributed by atoms with Crippen LogP contribution in [0.25, 0.3) is 12.2 Å². The van der Waals surface area contributed by atoms with E-state index in [1.807, 2.05) is 60.7 Å². The van der Waals surface area contributed by atoms with E-state index < -0.39 is 14.2 Å². The van der Waals surface area contributed by atoms with Crippen molar-refractivity contribution in [3.8, 4) is 0 Å². The van der Waals surface area contributed by atoms with E-state index >= 15 is 8.63 Å². The third-order valence-corrected chi connectivity index (χ3v) is 13.8. The smallest absolute Gasteiger partial charge is 0.737 e. The average molecular weight is 760 g/mol. The first kappa shape index (κ1) is 35.9. The first-order valence-electron chi connectivity index (χ1n) is 17.0. The summed E-state index contributed by atoms with van der Waals surface area (Å²) >= 11 is 0. The summed E-state index contributed by atoms with van der Waals surface area (Å²) in [6.07, 6.45) is 13.5. The number of benzene rings is 4. The zero-order chi connectivity index (χ0) is 34.4. The number of fused-ring (bicyclic) bond motifs is 2. The topological polar surface area (TPSA) is 37.0 Å². The molecule has 0 bridgehead atoms. The van der Waals surface area contributed by atoms with Gasteiger partial charge in [-0.05, 0) is 66.2 Å². The highest BCUT2D eigenvalue weighted by atomic mass is 79.9. The fraction of sp³-hybridized carbons (Fsp3) is 0.0952. The molecule has 9 heteroatoms. The summed E-state index contributed by atoms with van der Waals surface area (Å²) in [6, 6.07) is 44.9. The summed E-state index contributed by atoms with van der Waals surface area (Å²) in [5.74, 6) is -0.154. The Hall–Kier alpha value is -4.91. The van der Waals surface area contributed by atoms with Crippen LogP contribution in [0.4, 0.5) is 8.63 Å². The summed E-state index contributed by atoms with van der Waals surface area (Å²) < 4.78 is 34.9. The Kier molecular flexibility index (Phi) is 11.2. The van der Waals surface area contributed by atoms with Crippen molar-refractivity contribution in [2.45, 2.75) is 12.8 Å². The minimum Gasteiger partial charge on any atom is -1.00 e. The van der Waals surface area contributed by atoms with Gasteiger partial charge < -0.3 is 39.9 Å². The summed E-state index contributed by atoms with van der Waals surface area (Å²) in [5.41, 5.74) is 2.79. The van der Waals surface area contributed by atoms with E-state index in [0.717, 1.165) is 20.7 Å². The molecule has 1 amide bonds. The standard InChI is InChI=1S/C42H37BF2N3OP.BrH/c44-43(45)47-35(18-14-13-17-34-15-5-1-6-16-34)25-27-37(47)33-38-28-26-36(48(38)43)29-30-42(49)46-31-32-50(39-19-7-2-8-20-39,40-21-9-3-10-22-40)41-23-11-4-12-24-41;/h1-28,33H,29-32H2;1H. The molecule has 1 N–H and O–H groups in total. The van der Waals surface area contributed by atoms with Gasteiger partial charge in [-0.25, -0.2) is 0 Å². The Morgan fingerprint density at radius 3 is 1.86 bits per heavy atom. The molecule has 7 rings (SSSR count). The van der Waals surface area contributed by atoms with Gasteiger partial charge in [-0.1, -0.05) is 103 Å². The van der Waals surface area contributed by atoms with Crippen LogP contribution >= 0.6 is 7.26 Å². The van der Waals surface area contributed by atoms with Crippen LogP contribution in [0.3, 0.4) is 0 Å². The predicted octanol–water partition coefficient (Wildman–Crippen LogP) is 4.41. The van der Waals surface area contributed by atoms with Crippen LogP contribution in [0.2, 0.25) is 0 Å². The monoisotopic (exact) mass is 759 g/mol. The zero-order valence-corrected chi connectivity index (χ0v) is 30.5. The molecule has 2 aliphatic rings. The van der Waals surface area contributed by atoms with E-state index in [0.29, 0.717) is 29.3 Å². The van der Waals surface area contributed by atoms with Gasteiger partial charge in [0.1, 0.15) is 23.2 Å². The van der Waals surface area contributed by atoms with Crippen LogP contribution in [0.15, 0.2) is 170 Å². The van der Waals surface area contributed by atoms with E-state index in [9.17, 15) is 4.79 Å². The molecule has 256 valence electrons. The number of carbonyl (C=O) groups is 1. The molecule has 0 saturated heterocycles. The molecule has 0 saturated carbocycles. The maximum absolute atomic E-state index is 16.3. The Labute approximate surface area is 309 Å². The van der Waals surface area contributed by atoms with Crippen molar-refractivity contribution in [2.24, 2.45) is 0 Å². The van der Waals surface area contributed by atoms with Crippen molar-refractivity contribution in [3.63, 3.8) is 0 Å². The van der Waals surface area contributed by atoms with Gasteiger partial charge in [-0.2, -0.15) is 0 Å². The molecule has 0 spiro atoms. The number of aromatic nitrogens is 1. The SMILES string of the molecule is O=C(CCc1ccc2n1[B-](F)(F)[N+]1=C(C=CC=Cc3ccccc3)C=CC1=C2)NCC[P+](c1ccccc1)(c1ccccc1)c1ccccc1.[Br-]. The number of carbonyl (C=O) groups excluding carboxylic acids is 1. The summed E-state index contributed by atoms with van der Waals surface area (Å²) in [5, 5.41) is 6.88. The van der Waals surface area contributed by atoms with Crippen LogP contribution in [0.1, 0.15) is 23.4 Å². The number of hydrogen-bond donors (Lipinski definition) is 1. The summed E-state index contributed by atoms with van der Waals surface area (Å²) in [6.45, 7) is -3.70. The second-order valence-electron chi connectivity index (χ2n) is 12.4. The molecule has 4 aromatic carbocycles. The molecule has 0 radical (unpaired) electrons. The Morgan fingerprint density at radius 2 is 1.27 bits per heavy atom. The van der Waals surface area contributed by atoms with E-state index in [1.165, 1.54) is 15.9 Å². The van der Waals surface area contributed by atoms with Gasteiger partial charge in [-0.3, -0.25) is 4.79 Å². The van der Waals surface area contributed by atoms with Crippen molar-refractivity contribution >= 4 is 53.9 Å². The van der Waals surface area contributed by atoms with E-state index in [4.69, 9.17) is 0 Å². The van der Waals surface area contributed by atoms with Crippen molar-refractivity contribution < 1.29 is 34.9 Å². The Morgan fingerprint density at radius 1 is 0.725 bits per heavy atom. The van der Waals surface area contributed by atoms with Gasteiger partial charge in [0.25, 0.3) is 0 Å². The first-order valence-corrected chi connectivity index (χ1v) is 18.9. The lowest BCUT2D eigenvalue weighted by molar-refractivity contribution is -0.360. The minimum atomic E-state index is -4.17.